The van der Waals surface area contributed by atoms with Crippen molar-refractivity contribution in [2.45, 2.75) is 6.54 Å². The number of hydrogen-bond donors (Lipinski definition) is 0. The molecule has 0 N–H and O–H groups in total. The van der Waals surface area contributed by atoms with Crippen molar-refractivity contribution in [2.24, 2.45) is 0 Å². The molecule has 0 amide bonds. The van der Waals surface area contributed by atoms with Gasteiger partial charge in [0.1, 0.15) is 6.07 Å². The Kier molecular flexibility index (Phi) is 5.46. The lowest BCUT2D eigenvalue weighted by Gasteiger charge is -2.28. The second-order valence-electron chi connectivity index (χ2n) is 5.76. The summed E-state index contributed by atoms with van der Waals surface area (Å²) in [6.45, 7) is 3.67. The smallest absolute Gasteiger partial charge is 0.632 e. The van der Waals surface area contributed by atoms with Gasteiger partial charge in [-0.1, -0.05) is 12.1 Å². The van der Waals surface area contributed by atoms with E-state index in [0.29, 0.717) is 11.5 Å². The molecule has 0 aliphatic carbocycles. The van der Waals surface area contributed by atoms with Gasteiger partial charge in [-0.3, -0.25) is 0 Å². The first-order chi connectivity index (χ1) is 11.8. The van der Waals surface area contributed by atoms with Gasteiger partial charge in [0.05, 0.1) is 13.2 Å². The monoisotopic (exact) mass is 401 g/mol. The molecular weight excluding hydrogens is 385 g/mol. The minimum absolute atomic E-state index is 0. The molecule has 3 heterocycles. The molecule has 0 unspecified atom stereocenters. The van der Waals surface area contributed by atoms with E-state index in [1.165, 1.54) is 5.69 Å². The number of hydrogen-bond acceptors (Lipinski definition) is 5. The lowest BCUT2D eigenvalue weighted by atomic mass is 9.79. The average Bonchev–Trinajstić information content (AvgIpc) is 3.06. The molecule has 2 aliphatic heterocycles. The number of halogens is 1. The fourth-order valence-corrected chi connectivity index (χ4v) is 2.92. The van der Waals surface area contributed by atoms with Crippen molar-refractivity contribution in [3.8, 4) is 17.6 Å². The third-order valence-electron chi connectivity index (χ3n) is 4.21. The summed E-state index contributed by atoms with van der Waals surface area (Å²) in [4.78, 5) is 2.31. The topological polar surface area (TPSA) is 58.6 Å². The van der Waals surface area contributed by atoms with Gasteiger partial charge in [-0.25, -0.2) is 0 Å². The number of fused-ring (bicyclic) bond motifs is 1. The van der Waals surface area contributed by atoms with E-state index in [-0.39, 0.29) is 23.5 Å². The van der Waals surface area contributed by atoms with Gasteiger partial charge >= 0.3 is 7.12 Å². The highest BCUT2D eigenvalue weighted by atomic mass is 79.9. The highest BCUT2D eigenvalue weighted by molar-refractivity contribution is 6.63. The molecule has 25 heavy (non-hydrogen) atoms. The van der Waals surface area contributed by atoms with Crippen LogP contribution < -0.4 is 41.2 Å². The molecule has 0 atom stereocenters. The standard InChI is InChI=1S/C17H17BN3O3.BrH/c19-6-8-20-7-5-16-17(13-20)24-18(23-16)14-1-3-15(4-2-14)21-9-11-22-12-10-21;/h1-5,7,13H,8-12H2;1H/q+1;/p-1. The van der Waals surface area contributed by atoms with Crippen LogP contribution in [0.1, 0.15) is 0 Å². The van der Waals surface area contributed by atoms with Crippen LogP contribution in [-0.4, -0.2) is 33.4 Å². The second-order valence-corrected chi connectivity index (χ2v) is 5.76. The summed E-state index contributed by atoms with van der Waals surface area (Å²) in [5.74, 6) is 1.36. The Balaban J connectivity index is 0.00000182. The lowest BCUT2D eigenvalue weighted by molar-refractivity contribution is -0.685. The Morgan fingerprint density at radius 2 is 1.80 bits per heavy atom. The molecular formula is C17H17BBrN3O3. The number of benzene rings is 1. The highest BCUT2D eigenvalue weighted by Gasteiger charge is 2.35. The van der Waals surface area contributed by atoms with Gasteiger partial charge in [-0.15, -0.1) is 0 Å². The summed E-state index contributed by atoms with van der Waals surface area (Å²) in [7, 11) is -0.448. The normalized spacial score (nSPS) is 15.5. The Morgan fingerprint density at radius 3 is 2.52 bits per heavy atom. The Morgan fingerprint density at radius 1 is 1.08 bits per heavy atom. The molecule has 128 valence electrons. The molecule has 1 saturated heterocycles. The van der Waals surface area contributed by atoms with E-state index in [9.17, 15) is 0 Å². The number of morpholine rings is 1. The van der Waals surface area contributed by atoms with E-state index in [2.05, 4.69) is 23.1 Å². The second kappa shape index (κ2) is 7.76. The summed E-state index contributed by atoms with van der Waals surface area (Å²) < 4.78 is 18.9. The number of aromatic nitrogens is 1. The van der Waals surface area contributed by atoms with Crippen molar-refractivity contribution in [1.82, 2.24) is 0 Å². The maximum absolute atomic E-state index is 8.78. The molecule has 1 fully saturated rings. The summed E-state index contributed by atoms with van der Waals surface area (Å²) in [5, 5.41) is 8.78. The summed E-state index contributed by atoms with van der Waals surface area (Å²) in [6, 6.07) is 12.2. The number of nitrogens with zero attached hydrogens (tertiary/aromatic N) is 3. The molecule has 0 saturated carbocycles. The van der Waals surface area contributed by atoms with Gasteiger partial charge in [-0.05, 0) is 12.1 Å². The van der Waals surface area contributed by atoms with Crippen LogP contribution >= 0.6 is 0 Å². The zero-order valence-corrected chi connectivity index (χ0v) is 15.2. The molecule has 1 aromatic heterocycles. The lowest BCUT2D eigenvalue weighted by Crippen LogP contribution is -3.00. The van der Waals surface area contributed by atoms with Crippen molar-refractivity contribution in [2.75, 3.05) is 31.2 Å². The number of ether oxygens (including phenoxy) is 1. The SMILES string of the molecule is N#CC[n+]1ccc2c(c1)OB(c1ccc(N3CCOCC3)cc1)O2.[Br-]. The molecule has 2 aliphatic rings. The zero-order chi connectivity index (χ0) is 16.4. The van der Waals surface area contributed by atoms with Crippen LogP contribution in [-0.2, 0) is 11.3 Å². The van der Waals surface area contributed by atoms with Crippen LogP contribution in [0.25, 0.3) is 0 Å². The molecule has 0 spiro atoms. The van der Waals surface area contributed by atoms with E-state index < -0.39 is 7.12 Å². The van der Waals surface area contributed by atoms with E-state index in [1.807, 2.05) is 24.4 Å². The van der Waals surface area contributed by atoms with Crippen LogP contribution in [0.5, 0.6) is 11.5 Å². The molecule has 2 aromatic rings. The Bertz CT molecular complexity index is 776. The fourth-order valence-electron chi connectivity index (χ4n) is 2.92. The van der Waals surface area contributed by atoms with Gasteiger partial charge in [0.15, 0.2) is 11.9 Å². The average molecular weight is 402 g/mol. The molecule has 0 bridgehead atoms. The summed E-state index contributed by atoms with van der Waals surface area (Å²) in [6.07, 6.45) is 3.61. The number of nitriles is 1. The van der Waals surface area contributed by atoms with E-state index in [1.54, 1.807) is 10.8 Å². The molecule has 1 aromatic carbocycles. The predicted molar refractivity (Wildman–Crippen MR) is 88.4 cm³/mol. The van der Waals surface area contributed by atoms with Gasteiger partial charge < -0.3 is 35.9 Å². The summed E-state index contributed by atoms with van der Waals surface area (Å²) >= 11 is 0. The first kappa shape index (κ1) is 17.6. The number of rotatable bonds is 3. The largest absolute Gasteiger partial charge is 1.00 e. The molecule has 8 heteroatoms. The van der Waals surface area contributed by atoms with Gasteiger partial charge in [0.2, 0.25) is 18.5 Å². The van der Waals surface area contributed by atoms with Crippen molar-refractivity contribution < 1.29 is 35.6 Å². The van der Waals surface area contributed by atoms with Crippen molar-refractivity contribution in [1.29, 1.82) is 5.26 Å². The predicted octanol–water partition coefficient (Wildman–Crippen LogP) is -2.50. The van der Waals surface area contributed by atoms with Crippen molar-refractivity contribution in [3.63, 3.8) is 0 Å². The third-order valence-corrected chi connectivity index (χ3v) is 4.21. The quantitative estimate of drug-likeness (QED) is 0.420. The van der Waals surface area contributed by atoms with Crippen LogP contribution in [0.15, 0.2) is 42.7 Å². The third kappa shape index (κ3) is 3.73. The van der Waals surface area contributed by atoms with E-state index in [0.717, 1.165) is 31.8 Å². The van der Waals surface area contributed by atoms with Crippen molar-refractivity contribution in [3.05, 3.63) is 42.7 Å². The van der Waals surface area contributed by atoms with Gasteiger partial charge in [0.25, 0.3) is 0 Å². The van der Waals surface area contributed by atoms with Crippen molar-refractivity contribution >= 4 is 18.3 Å². The minimum Gasteiger partial charge on any atom is -1.00 e. The molecule has 4 rings (SSSR count). The molecule has 0 radical (unpaired) electrons. The van der Waals surface area contributed by atoms with Crippen LogP contribution in [0.4, 0.5) is 5.69 Å². The number of pyridine rings is 1. The first-order valence-corrected chi connectivity index (χ1v) is 7.99. The Labute approximate surface area is 157 Å². The van der Waals surface area contributed by atoms with Crippen LogP contribution in [0.2, 0.25) is 0 Å². The maximum Gasteiger partial charge on any atom is 0.632 e. The summed E-state index contributed by atoms with van der Waals surface area (Å²) in [5.41, 5.74) is 2.15. The van der Waals surface area contributed by atoms with Crippen LogP contribution in [0.3, 0.4) is 0 Å². The van der Waals surface area contributed by atoms with Gasteiger partial charge in [0, 0.05) is 30.3 Å². The van der Waals surface area contributed by atoms with Gasteiger partial charge in [-0.2, -0.15) is 9.83 Å². The zero-order valence-electron chi connectivity index (χ0n) is 13.6. The fraction of sp³-hybridized carbons (Fsp3) is 0.294. The van der Waals surface area contributed by atoms with Crippen LogP contribution in [0, 0.1) is 11.3 Å². The van der Waals surface area contributed by atoms with E-state index >= 15 is 0 Å². The highest BCUT2D eigenvalue weighted by Crippen LogP contribution is 2.31. The molecule has 6 nitrogen and oxygen atoms in total. The number of anilines is 1. The van der Waals surface area contributed by atoms with E-state index in [4.69, 9.17) is 19.3 Å². The Hall–Kier alpha value is -2.24. The minimum atomic E-state index is -0.448. The maximum atomic E-state index is 8.78. The first-order valence-electron chi connectivity index (χ1n) is 7.99.